The van der Waals surface area contributed by atoms with Gasteiger partial charge >= 0.3 is 0 Å². The number of anilines is 1. The average molecular weight is 448 g/mol. The third-order valence-electron chi connectivity index (χ3n) is 4.99. The fourth-order valence-electron chi connectivity index (χ4n) is 3.23. The van der Waals surface area contributed by atoms with Crippen LogP contribution in [-0.2, 0) is 9.59 Å². The van der Waals surface area contributed by atoms with Gasteiger partial charge in [0.25, 0.3) is 0 Å². The molecule has 1 aromatic carbocycles. The average Bonchev–Trinajstić information content (AvgIpc) is 3.59. The molecule has 33 heavy (non-hydrogen) atoms. The Morgan fingerprint density at radius 3 is 2.61 bits per heavy atom. The molecular formula is C25H26FN5O2. The van der Waals surface area contributed by atoms with Crippen LogP contribution in [0, 0.1) is 5.82 Å². The maximum absolute atomic E-state index is 14.6. The fourth-order valence-corrected chi connectivity index (χ4v) is 3.23. The summed E-state index contributed by atoms with van der Waals surface area (Å²) in [5.41, 5.74) is 14.5. The van der Waals surface area contributed by atoms with Gasteiger partial charge in [-0.25, -0.2) is 4.39 Å². The zero-order chi connectivity index (χ0) is 24.0. The first-order chi connectivity index (χ1) is 15.8. The summed E-state index contributed by atoms with van der Waals surface area (Å²) in [5.74, 6) is -1.48. The van der Waals surface area contributed by atoms with Crippen LogP contribution in [0.1, 0.15) is 43.4 Å². The quantitative estimate of drug-likeness (QED) is 0.421. The highest BCUT2D eigenvalue weighted by Crippen LogP contribution is 2.25. The number of benzene rings is 1. The smallest absolute Gasteiger partial charge is 0.248 e. The zero-order valence-corrected chi connectivity index (χ0v) is 18.5. The number of hydrogen-bond acceptors (Lipinski definition) is 6. The topological polar surface area (TPSA) is 123 Å². The summed E-state index contributed by atoms with van der Waals surface area (Å²) in [6.45, 7) is 2.94. The predicted octanol–water partition coefficient (Wildman–Crippen LogP) is 3.68. The number of hydrogen-bond donors (Lipinski definition) is 3. The molecule has 0 radical (unpaired) electrons. The minimum absolute atomic E-state index is 0.0171. The van der Waals surface area contributed by atoms with Crippen molar-refractivity contribution in [3.05, 3.63) is 77.1 Å². The molecule has 0 atom stereocenters. The van der Waals surface area contributed by atoms with E-state index in [1.54, 1.807) is 37.7 Å². The number of pyridine rings is 1. The van der Waals surface area contributed by atoms with Crippen LogP contribution in [0.15, 0.2) is 59.6 Å². The molecule has 1 aliphatic carbocycles. The van der Waals surface area contributed by atoms with Crippen molar-refractivity contribution < 1.29 is 14.0 Å². The highest BCUT2D eigenvalue weighted by atomic mass is 19.1. The predicted molar refractivity (Wildman–Crippen MR) is 129 cm³/mol. The number of Topliss-reactive ketones (excluding diaryl/α,β-unsaturated/α-hetero) is 1. The van der Waals surface area contributed by atoms with Gasteiger partial charge in [-0.3, -0.25) is 19.6 Å². The molecule has 0 unspecified atom stereocenters. The molecule has 2 aromatic rings. The van der Waals surface area contributed by atoms with E-state index >= 15 is 0 Å². The second kappa shape index (κ2) is 10.5. The van der Waals surface area contributed by atoms with Gasteiger partial charge in [0.1, 0.15) is 5.82 Å². The molecule has 1 saturated carbocycles. The van der Waals surface area contributed by atoms with E-state index in [0.29, 0.717) is 22.9 Å². The summed E-state index contributed by atoms with van der Waals surface area (Å²) in [6, 6.07) is 6.23. The molecular weight excluding hydrogens is 421 g/mol. The van der Waals surface area contributed by atoms with Crippen LogP contribution in [0.2, 0.25) is 0 Å². The van der Waals surface area contributed by atoms with E-state index in [4.69, 9.17) is 11.5 Å². The second-order valence-corrected chi connectivity index (χ2v) is 7.73. The van der Waals surface area contributed by atoms with Gasteiger partial charge in [0, 0.05) is 53.3 Å². The number of halogens is 1. The Hall–Kier alpha value is -4.07. The Bertz CT molecular complexity index is 1190. The third-order valence-corrected chi connectivity index (χ3v) is 4.99. The van der Waals surface area contributed by atoms with Crippen molar-refractivity contribution >= 4 is 40.8 Å². The first kappa shape index (κ1) is 23.6. The normalized spacial score (nSPS) is 15.1. The van der Waals surface area contributed by atoms with Crippen LogP contribution in [0.5, 0.6) is 0 Å². The molecule has 3 rings (SSSR count). The maximum atomic E-state index is 14.6. The lowest BCUT2D eigenvalue weighted by molar-refractivity contribution is -0.112. The number of allylic oxidation sites excluding steroid dienone is 3. The molecule has 0 saturated heterocycles. The first-order valence-electron chi connectivity index (χ1n) is 10.5. The van der Waals surface area contributed by atoms with E-state index in [1.807, 2.05) is 0 Å². The SMILES string of the molecule is CC(=O)C(=C(C)N)c1ccc(NC(=O)/C=C/c2cnccc2C(C=NC2CC2)=CN)c(F)c1. The Morgan fingerprint density at radius 2 is 2.00 bits per heavy atom. The van der Waals surface area contributed by atoms with Gasteiger partial charge in [-0.15, -0.1) is 0 Å². The molecule has 1 amide bonds. The van der Waals surface area contributed by atoms with Crippen LogP contribution in [0.4, 0.5) is 10.1 Å². The number of aromatic nitrogens is 1. The van der Waals surface area contributed by atoms with Crippen molar-refractivity contribution in [1.29, 1.82) is 0 Å². The number of nitrogens with zero attached hydrogens (tertiary/aromatic N) is 2. The van der Waals surface area contributed by atoms with Crippen molar-refractivity contribution in [2.24, 2.45) is 16.5 Å². The lowest BCUT2D eigenvalue weighted by Crippen LogP contribution is -2.10. The summed E-state index contributed by atoms with van der Waals surface area (Å²) in [6.07, 6.45) is 11.4. The molecule has 0 aliphatic heterocycles. The summed E-state index contributed by atoms with van der Waals surface area (Å²) in [5, 5.41) is 2.50. The van der Waals surface area contributed by atoms with Crippen molar-refractivity contribution in [1.82, 2.24) is 4.98 Å². The van der Waals surface area contributed by atoms with Crippen molar-refractivity contribution in [2.75, 3.05) is 5.32 Å². The van der Waals surface area contributed by atoms with Crippen LogP contribution in [0.25, 0.3) is 17.2 Å². The maximum Gasteiger partial charge on any atom is 0.248 e. The summed E-state index contributed by atoms with van der Waals surface area (Å²) in [7, 11) is 0. The Morgan fingerprint density at radius 1 is 1.24 bits per heavy atom. The number of carbonyl (C=O) groups excluding carboxylic acids is 2. The van der Waals surface area contributed by atoms with E-state index < -0.39 is 11.7 Å². The molecule has 0 bridgehead atoms. The van der Waals surface area contributed by atoms with Gasteiger partial charge in [-0.05, 0) is 62.1 Å². The van der Waals surface area contributed by atoms with Crippen LogP contribution in [0.3, 0.4) is 0 Å². The number of nitrogens with one attached hydrogen (secondary N) is 1. The molecule has 1 aliphatic rings. The third kappa shape index (κ3) is 6.22. The number of rotatable bonds is 8. The molecule has 7 nitrogen and oxygen atoms in total. The van der Waals surface area contributed by atoms with Crippen LogP contribution in [-0.4, -0.2) is 28.9 Å². The number of nitrogens with two attached hydrogens (primary N) is 2. The van der Waals surface area contributed by atoms with Crippen LogP contribution >= 0.6 is 0 Å². The van der Waals surface area contributed by atoms with E-state index in [0.717, 1.165) is 24.0 Å². The molecule has 5 N–H and O–H groups in total. The van der Waals surface area contributed by atoms with E-state index in [1.165, 1.54) is 37.4 Å². The Labute approximate surface area is 191 Å². The molecule has 170 valence electrons. The van der Waals surface area contributed by atoms with Gasteiger partial charge in [-0.2, -0.15) is 0 Å². The number of carbonyl (C=O) groups is 2. The van der Waals surface area contributed by atoms with E-state index in [2.05, 4.69) is 15.3 Å². The van der Waals surface area contributed by atoms with Gasteiger partial charge in [-0.1, -0.05) is 6.07 Å². The second-order valence-electron chi connectivity index (χ2n) is 7.73. The molecule has 1 fully saturated rings. The standard InChI is InChI=1S/C25H26FN5O2/c1-15(28)25(16(2)32)17-3-7-23(22(26)11-17)31-24(33)8-4-18-13-29-10-9-21(18)19(12-27)14-30-20-5-6-20/h3-4,7-14,20H,5-6,27-28H2,1-2H3,(H,31,33)/b8-4+,19-12?,25-15?,30-14?. The van der Waals surface area contributed by atoms with Gasteiger partial charge < -0.3 is 16.8 Å². The summed E-state index contributed by atoms with van der Waals surface area (Å²) in [4.78, 5) is 32.8. The van der Waals surface area contributed by atoms with Crippen molar-refractivity contribution in [3.63, 3.8) is 0 Å². The van der Waals surface area contributed by atoms with E-state index in [-0.39, 0.29) is 17.0 Å². The lowest BCUT2D eigenvalue weighted by Gasteiger charge is -2.10. The zero-order valence-electron chi connectivity index (χ0n) is 18.5. The minimum Gasteiger partial charge on any atom is -0.404 e. The van der Waals surface area contributed by atoms with Crippen molar-refractivity contribution in [2.45, 2.75) is 32.7 Å². The number of ketones is 1. The number of aliphatic imine (C=N–C) groups is 1. The minimum atomic E-state index is -0.680. The fraction of sp³-hybridized carbons (Fsp3) is 0.200. The molecule has 1 aromatic heterocycles. The van der Waals surface area contributed by atoms with Gasteiger partial charge in [0.15, 0.2) is 5.78 Å². The molecule has 1 heterocycles. The Balaban J connectivity index is 1.76. The summed E-state index contributed by atoms with van der Waals surface area (Å²) >= 11 is 0. The molecule has 8 heteroatoms. The largest absolute Gasteiger partial charge is 0.404 e. The Kier molecular flexibility index (Phi) is 7.50. The van der Waals surface area contributed by atoms with Gasteiger partial charge in [0.2, 0.25) is 5.91 Å². The highest BCUT2D eigenvalue weighted by molar-refractivity contribution is 6.20. The van der Waals surface area contributed by atoms with E-state index in [9.17, 15) is 14.0 Å². The lowest BCUT2D eigenvalue weighted by atomic mass is 10.00. The summed E-state index contributed by atoms with van der Waals surface area (Å²) < 4.78 is 14.6. The first-order valence-corrected chi connectivity index (χ1v) is 10.5. The van der Waals surface area contributed by atoms with Gasteiger partial charge in [0.05, 0.1) is 11.7 Å². The van der Waals surface area contributed by atoms with Crippen molar-refractivity contribution in [3.8, 4) is 0 Å². The number of amides is 1. The molecule has 0 spiro atoms. The van der Waals surface area contributed by atoms with Crippen LogP contribution < -0.4 is 16.8 Å². The monoisotopic (exact) mass is 447 g/mol. The highest BCUT2D eigenvalue weighted by Gasteiger charge is 2.19.